The molecule has 0 saturated heterocycles. The van der Waals surface area contributed by atoms with Gasteiger partial charge in [-0.3, -0.25) is 4.79 Å². The van der Waals surface area contributed by atoms with E-state index in [2.05, 4.69) is 26.2 Å². The molecule has 0 bridgehead atoms. The number of pyridine rings is 1. The SMILES string of the molecule is Cc1cc(NC(=O)c2ccc(CN)cc2)cnc1Br. The minimum atomic E-state index is -0.160. The molecule has 3 N–H and O–H groups in total. The highest BCUT2D eigenvalue weighted by molar-refractivity contribution is 9.10. The fourth-order valence-electron chi connectivity index (χ4n) is 1.62. The second-order valence-corrected chi connectivity index (χ2v) is 4.94. The van der Waals surface area contributed by atoms with Gasteiger partial charge in [0.05, 0.1) is 11.9 Å². The summed E-state index contributed by atoms with van der Waals surface area (Å²) in [6, 6.07) is 9.08. The summed E-state index contributed by atoms with van der Waals surface area (Å²) in [7, 11) is 0. The maximum Gasteiger partial charge on any atom is 0.255 e. The quantitative estimate of drug-likeness (QED) is 0.855. The number of amides is 1. The molecule has 0 unspecified atom stereocenters. The molecule has 1 aromatic heterocycles. The van der Waals surface area contributed by atoms with Crippen molar-refractivity contribution >= 4 is 27.5 Å². The normalized spacial score (nSPS) is 10.3. The van der Waals surface area contributed by atoms with Gasteiger partial charge >= 0.3 is 0 Å². The monoisotopic (exact) mass is 319 g/mol. The van der Waals surface area contributed by atoms with E-state index < -0.39 is 0 Å². The summed E-state index contributed by atoms with van der Waals surface area (Å²) in [6.07, 6.45) is 1.61. The number of nitrogens with zero attached hydrogens (tertiary/aromatic N) is 1. The number of nitrogens with two attached hydrogens (primary N) is 1. The zero-order chi connectivity index (χ0) is 13.8. The van der Waals surface area contributed by atoms with Crippen LogP contribution in [0.4, 0.5) is 5.69 Å². The van der Waals surface area contributed by atoms with Crippen molar-refractivity contribution in [2.45, 2.75) is 13.5 Å². The number of nitrogens with one attached hydrogen (secondary N) is 1. The summed E-state index contributed by atoms with van der Waals surface area (Å²) in [4.78, 5) is 16.2. The lowest BCUT2D eigenvalue weighted by molar-refractivity contribution is 0.102. The Hall–Kier alpha value is -1.72. The molecule has 19 heavy (non-hydrogen) atoms. The van der Waals surface area contributed by atoms with Crippen molar-refractivity contribution in [1.29, 1.82) is 0 Å². The third-order valence-electron chi connectivity index (χ3n) is 2.72. The largest absolute Gasteiger partial charge is 0.326 e. The van der Waals surface area contributed by atoms with E-state index in [1.807, 2.05) is 25.1 Å². The van der Waals surface area contributed by atoms with Crippen LogP contribution in [-0.4, -0.2) is 10.9 Å². The van der Waals surface area contributed by atoms with Gasteiger partial charge in [0.1, 0.15) is 4.60 Å². The van der Waals surface area contributed by atoms with Crippen LogP contribution < -0.4 is 11.1 Å². The first kappa shape index (κ1) is 13.7. The predicted molar refractivity (Wildman–Crippen MR) is 79.0 cm³/mol. The highest BCUT2D eigenvalue weighted by atomic mass is 79.9. The number of hydrogen-bond acceptors (Lipinski definition) is 3. The number of aryl methyl sites for hydroxylation is 1. The zero-order valence-electron chi connectivity index (χ0n) is 10.5. The molecule has 4 nitrogen and oxygen atoms in total. The van der Waals surface area contributed by atoms with E-state index in [0.717, 1.165) is 15.7 Å². The van der Waals surface area contributed by atoms with Crippen molar-refractivity contribution in [1.82, 2.24) is 4.98 Å². The number of benzene rings is 1. The Morgan fingerprint density at radius 2 is 2.05 bits per heavy atom. The third-order valence-corrected chi connectivity index (χ3v) is 3.55. The molecule has 0 spiro atoms. The van der Waals surface area contributed by atoms with Gasteiger partial charge in [-0.05, 0) is 52.2 Å². The third kappa shape index (κ3) is 3.39. The summed E-state index contributed by atoms with van der Waals surface area (Å²) < 4.78 is 0.776. The highest BCUT2D eigenvalue weighted by Gasteiger charge is 2.07. The molecule has 0 saturated carbocycles. The maximum absolute atomic E-state index is 12.0. The number of halogens is 1. The lowest BCUT2D eigenvalue weighted by Crippen LogP contribution is -2.12. The van der Waals surface area contributed by atoms with Crippen molar-refractivity contribution in [3.05, 3.63) is 57.8 Å². The fraction of sp³-hybridized carbons (Fsp3) is 0.143. The second kappa shape index (κ2) is 5.95. The lowest BCUT2D eigenvalue weighted by Gasteiger charge is -2.07. The molecular formula is C14H14BrN3O. The Morgan fingerprint density at radius 3 is 2.63 bits per heavy atom. The maximum atomic E-state index is 12.0. The summed E-state index contributed by atoms with van der Waals surface area (Å²) in [5.41, 5.74) is 8.75. The molecule has 0 aliphatic heterocycles. The second-order valence-electron chi connectivity index (χ2n) is 4.19. The number of carbonyl (C=O) groups excluding carboxylic acids is 1. The van der Waals surface area contributed by atoms with E-state index in [0.29, 0.717) is 17.8 Å². The van der Waals surface area contributed by atoms with Crippen molar-refractivity contribution in [2.24, 2.45) is 5.73 Å². The van der Waals surface area contributed by atoms with Crippen molar-refractivity contribution in [3.8, 4) is 0 Å². The van der Waals surface area contributed by atoms with Crippen LogP contribution >= 0.6 is 15.9 Å². The first-order valence-electron chi connectivity index (χ1n) is 5.82. The fourth-order valence-corrected chi connectivity index (χ4v) is 1.84. The van der Waals surface area contributed by atoms with E-state index in [1.54, 1.807) is 18.3 Å². The van der Waals surface area contributed by atoms with Gasteiger partial charge in [0.25, 0.3) is 5.91 Å². The van der Waals surface area contributed by atoms with Crippen LogP contribution in [0, 0.1) is 6.92 Å². The van der Waals surface area contributed by atoms with E-state index in [9.17, 15) is 4.79 Å². The Bertz CT molecular complexity index is 596. The van der Waals surface area contributed by atoms with Crippen molar-refractivity contribution in [3.63, 3.8) is 0 Å². The number of anilines is 1. The average Bonchev–Trinajstić information content (AvgIpc) is 2.43. The average molecular weight is 320 g/mol. The lowest BCUT2D eigenvalue weighted by atomic mass is 10.1. The molecular weight excluding hydrogens is 306 g/mol. The van der Waals surface area contributed by atoms with Crippen LogP contribution in [0.1, 0.15) is 21.5 Å². The summed E-state index contributed by atoms with van der Waals surface area (Å²) in [5, 5.41) is 2.81. The van der Waals surface area contributed by atoms with Crippen molar-refractivity contribution in [2.75, 3.05) is 5.32 Å². The number of carbonyl (C=O) groups is 1. The van der Waals surface area contributed by atoms with Crippen LogP contribution in [0.15, 0.2) is 41.1 Å². The van der Waals surface area contributed by atoms with Gasteiger partial charge in [-0.1, -0.05) is 12.1 Å². The van der Waals surface area contributed by atoms with Gasteiger partial charge in [-0.15, -0.1) is 0 Å². The smallest absolute Gasteiger partial charge is 0.255 e. The minimum absolute atomic E-state index is 0.160. The summed E-state index contributed by atoms with van der Waals surface area (Å²) in [6.45, 7) is 2.39. The van der Waals surface area contributed by atoms with Crippen LogP contribution in [0.3, 0.4) is 0 Å². The Balaban J connectivity index is 2.13. The number of hydrogen-bond donors (Lipinski definition) is 2. The van der Waals surface area contributed by atoms with Crippen molar-refractivity contribution < 1.29 is 4.79 Å². The molecule has 1 aromatic carbocycles. The van der Waals surface area contributed by atoms with Gasteiger partial charge in [-0.25, -0.2) is 4.98 Å². The topological polar surface area (TPSA) is 68.0 Å². The van der Waals surface area contributed by atoms with Gasteiger partial charge in [0.2, 0.25) is 0 Å². The first-order chi connectivity index (χ1) is 9.10. The first-order valence-corrected chi connectivity index (χ1v) is 6.62. The molecule has 0 aliphatic carbocycles. The summed E-state index contributed by atoms with van der Waals surface area (Å²) >= 11 is 3.32. The zero-order valence-corrected chi connectivity index (χ0v) is 12.1. The number of aromatic nitrogens is 1. The van der Waals surface area contributed by atoms with Gasteiger partial charge < -0.3 is 11.1 Å². The van der Waals surface area contributed by atoms with Crippen LogP contribution in [0.2, 0.25) is 0 Å². The number of rotatable bonds is 3. The molecule has 0 aliphatic rings. The molecule has 98 valence electrons. The van der Waals surface area contributed by atoms with Crippen LogP contribution in [0.25, 0.3) is 0 Å². The van der Waals surface area contributed by atoms with E-state index >= 15 is 0 Å². The molecule has 2 rings (SSSR count). The molecule has 0 radical (unpaired) electrons. The van der Waals surface area contributed by atoms with E-state index in [4.69, 9.17) is 5.73 Å². The van der Waals surface area contributed by atoms with Crippen LogP contribution in [-0.2, 0) is 6.54 Å². The molecule has 1 heterocycles. The molecule has 2 aromatic rings. The Labute approximate surface area is 120 Å². The highest BCUT2D eigenvalue weighted by Crippen LogP contribution is 2.17. The Morgan fingerprint density at radius 1 is 1.37 bits per heavy atom. The van der Waals surface area contributed by atoms with E-state index in [1.165, 1.54) is 0 Å². The molecule has 0 fully saturated rings. The summed E-state index contributed by atoms with van der Waals surface area (Å²) in [5.74, 6) is -0.160. The molecule has 5 heteroatoms. The van der Waals surface area contributed by atoms with E-state index in [-0.39, 0.29) is 5.91 Å². The predicted octanol–water partition coefficient (Wildman–Crippen LogP) is 2.86. The van der Waals surface area contributed by atoms with Gasteiger partial charge in [-0.2, -0.15) is 0 Å². The molecule has 1 amide bonds. The minimum Gasteiger partial charge on any atom is -0.326 e. The standard InChI is InChI=1S/C14H14BrN3O/c1-9-6-12(8-17-13(9)15)18-14(19)11-4-2-10(7-16)3-5-11/h2-6,8H,7,16H2,1H3,(H,18,19). The Kier molecular flexibility index (Phi) is 4.29. The van der Waals surface area contributed by atoms with Gasteiger partial charge in [0, 0.05) is 12.1 Å². The molecule has 0 atom stereocenters. The van der Waals surface area contributed by atoms with Crippen LogP contribution in [0.5, 0.6) is 0 Å². The van der Waals surface area contributed by atoms with Gasteiger partial charge in [0.15, 0.2) is 0 Å².